The number of anilines is 1. The number of carbonyl (C=O) groups is 1. The minimum atomic E-state index is 0.0810. The maximum Gasteiger partial charge on any atom is 0.269 e. The SMILES string of the molecule is [C-]#[N+]c1ccc(-c2cncc(N3CCN(CC(=O)NC(C)C)CC3)c2)cn1. The Balaban J connectivity index is 1.61. The third-order valence-electron chi connectivity index (χ3n) is 4.47. The van der Waals surface area contributed by atoms with Gasteiger partial charge < -0.3 is 15.1 Å². The van der Waals surface area contributed by atoms with Gasteiger partial charge in [-0.15, -0.1) is 4.98 Å². The van der Waals surface area contributed by atoms with Crippen molar-refractivity contribution in [2.24, 2.45) is 0 Å². The Bertz CT molecular complexity index is 819. The number of nitrogens with zero attached hydrogens (tertiary/aromatic N) is 5. The Morgan fingerprint density at radius 3 is 2.59 bits per heavy atom. The molecule has 0 unspecified atom stereocenters. The molecular weight excluding hydrogens is 340 g/mol. The molecule has 1 aliphatic heterocycles. The van der Waals surface area contributed by atoms with Crippen LogP contribution in [0.4, 0.5) is 11.5 Å². The molecule has 2 aromatic rings. The van der Waals surface area contributed by atoms with E-state index in [0.29, 0.717) is 12.4 Å². The van der Waals surface area contributed by atoms with Crippen LogP contribution in [0.25, 0.3) is 16.0 Å². The highest BCUT2D eigenvalue weighted by Gasteiger charge is 2.20. The van der Waals surface area contributed by atoms with Crippen molar-refractivity contribution >= 4 is 17.4 Å². The average Bonchev–Trinajstić information content (AvgIpc) is 2.68. The van der Waals surface area contributed by atoms with Gasteiger partial charge in [0.25, 0.3) is 5.82 Å². The van der Waals surface area contributed by atoms with Crippen LogP contribution in [0.3, 0.4) is 0 Å². The molecular formula is C20H24N6O. The Labute approximate surface area is 159 Å². The predicted octanol–water partition coefficient (Wildman–Crippen LogP) is 2.34. The molecule has 7 nitrogen and oxygen atoms in total. The Hall–Kier alpha value is -2.98. The number of piperazine rings is 1. The van der Waals surface area contributed by atoms with Gasteiger partial charge in [0, 0.05) is 49.5 Å². The summed E-state index contributed by atoms with van der Waals surface area (Å²) in [5, 5.41) is 2.94. The minimum Gasteiger partial charge on any atom is -0.368 e. The van der Waals surface area contributed by atoms with Crippen LogP contribution in [0.1, 0.15) is 13.8 Å². The molecule has 0 saturated carbocycles. The molecule has 140 valence electrons. The first-order valence-corrected chi connectivity index (χ1v) is 9.11. The lowest BCUT2D eigenvalue weighted by atomic mass is 10.1. The summed E-state index contributed by atoms with van der Waals surface area (Å²) in [5.41, 5.74) is 2.99. The largest absolute Gasteiger partial charge is 0.368 e. The number of amides is 1. The van der Waals surface area contributed by atoms with Crippen molar-refractivity contribution in [1.82, 2.24) is 20.2 Å². The standard InChI is InChI=1S/C20H24N6O/c1-15(2)24-20(27)14-25-6-8-26(9-7-25)18-10-17(11-22-13-18)16-4-5-19(21-3)23-12-16/h4-5,10-13,15H,6-9,14H2,1-2H3,(H,24,27). The number of rotatable bonds is 5. The fourth-order valence-corrected chi connectivity index (χ4v) is 3.12. The van der Waals surface area contributed by atoms with E-state index >= 15 is 0 Å². The van der Waals surface area contributed by atoms with E-state index in [2.05, 4.69) is 36.0 Å². The highest BCUT2D eigenvalue weighted by molar-refractivity contribution is 5.78. The second kappa shape index (κ2) is 8.60. The molecule has 2 aromatic heterocycles. The van der Waals surface area contributed by atoms with Crippen LogP contribution >= 0.6 is 0 Å². The van der Waals surface area contributed by atoms with E-state index in [1.165, 1.54) is 0 Å². The van der Waals surface area contributed by atoms with Gasteiger partial charge in [-0.25, -0.2) is 0 Å². The summed E-state index contributed by atoms with van der Waals surface area (Å²) in [6, 6.07) is 5.89. The first-order valence-electron chi connectivity index (χ1n) is 9.11. The zero-order valence-corrected chi connectivity index (χ0v) is 15.7. The van der Waals surface area contributed by atoms with E-state index in [-0.39, 0.29) is 11.9 Å². The number of nitrogens with one attached hydrogen (secondary N) is 1. The number of aromatic nitrogens is 2. The Kier molecular flexibility index (Phi) is 5.99. The van der Waals surface area contributed by atoms with Gasteiger partial charge in [0.15, 0.2) is 0 Å². The van der Waals surface area contributed by atoms with Crippen molar-refractivity contribution in [3.05, 3.63) is 48.2 Å². The van der Waals surface area contributed by atoms with Gasteiger partial charge in [0.2, 0.25) is 5.91 Å². The van der Waals surface area contributed by atoms with Crippen molar-refractivity contribution < 1.29 is 4.79 Å². The van der Waals surface area contributed by atoms with Crippen LogP contribution in [0, 0.1) is 6.57 Å². The molecule has 0 bridgehead atoms. The van der Waals surface area contributed by atoms with Gasteiger partial charge in [-0.2, -0.15) is 0 Å². The van der Waals surface area contributed by atoms with Crippen molar-refractivity contribution in [2.75, 3.05) is 37.6 Å². The maximum atomic E-state index is 11.9. The van der Waals surface area contributed by atoms with E-state index in [4.69, 9.17) is 6.57 Å². The van der Waals surface area contributed by atoms with E-state index in [0.717, 1.165) is 43.0 Å². The highest BCUT2D eigenvalue weighted by Crippen LogP contribution is 2.25. The summed E-state index contributed by atoms with van der Waals surface area (Å²) in [4.78, 5) is 28.2. The molecule has 27 heavy (non-hydrogen) atoms. The number of carbonyl (C=O) groups excluding carboxylic acids is 1. The zero-order valence-electron chi connectivity index (χ0n) is 15.7. The van der Waals surface area contributed by atoms with E-state index in [1.807, 2.05) is 32.3 Å². The van der Waals surface area contributed by atoms with Gasteiger partial charge in [0.1, 0.15) is 6.20 Å². The fourth-order valence-electron chi connectivity index (χ4n) is 3.12. The van der Waals surface area contributed by atoms with Crippen molar-refractivity contribution in [2.45, 2.75) is 19.9 Å². The number of hydrogen-bond acceptors (Lipinski definition) is 5. The third kappa shape index (κ3) is 5.02. The monoisotopic (exact) mass is 364 g/mol. The van der Waals surface area contributed by atoms with Gasteiger partial charge >= 0.3 is 0 Å². The molecule has 7 heteroatoms. The summed E-state index contributed by atoms with van der Waals surface area (Å²) in [5.74, 6) is 0.470. The van der Waals surface area contributed by atoms with E-state index < -0.39 is 0 Å². The molecule has 1 saturated heterocycles. The molecule has 0 radical (unpaired) electrons. The first-order chi connectivity index (χ1) is 13.0. The normalized spacial score (nSPS) is 14.8. The van der Waals surface area contributed by atoms with Crippen molar-refractivity contribution in [3.63, 3.8) is 0 Å². The summed E-state index contributed by atoms with van der Waals surface area (Å²) < 4.78 is 0. The highest BCUT2D eigenvalue weighted by atomic mass is 16.2. The molecule has 3 heterocycles. The minimum absolute atomic E-state index is 0.0810. The quantitative estimate of drug-likeness (QED) is 0.825. The molecule has 1 N–H and O–H groups in total. The summed E-state index contributed by atoms with van der Waals surface area (Å²) in [6.45, 7) is 14.8. The van der Waals surface area contributed by atoms with Gasteiger partial charge in [0.05, 0.1) is 18.4 Å². The molecule has 0 aromatic carbocycles. The molecule has 0 aliphatic carbocycles. The van der Waals surface area contributed by atoms with Gasteiger partial charge in [-0.1, -0.05) is 12.6 Å². The average molecular weight is 364 g/mol. The van der Waals surface area contributed by atoms with Crippen LogP contribution in [-0.4, -0.2) is 59.5 Å². The fraction of sp³-hybridized carbons (Fsp3) is 0.400. The van der Waals surface area contributed by atoms with Crippen LogP contribution in [-0.2, 0) is 4.79 Å². The second-order valence-electron chi connectivity index (χ2n) is 6.93. The number of hydrogen-bond donors (Lipinski definition) is 1. The third-order valence-corrected chi connectivity index (χ3v) is 4.47. The van der Waals surface area contributed by atoms with Crippen LogP contribution in [0.15, 0.2) is 36.8 Å². The smallest absolute Gasteiger partial charge is 0.269 e. The lowest BCUT2D eigenvalue weighted by molar-refractivity contribution is -0.122. The van der Waals surface area contributed by atoms with Crippen molar-refractivity contribution in [1.29, 1.82) is 0 Å². The molecule has 1 fully saturated rings. The lowest BCUT2D eigenvalue weighted by Gasteiger charge is -2.35. The van der Waals surface area contributed by atoms with E-state index in [9.17, 15) is 4.79 Å². The molecule has 0 atom stereocenters. The van der Waals surface area contributed by atoms with Crippen LogP contribution in [0.5, 0.6) is 0 Å². The molecule has 0 spiro atoms. The summed E-state index contributed by atoms with van der Waals surface area (Å²) in [6.07, 6.45) is 5.38. The topological polar surface area (TPSA) is 65.7 Å². The van der Waals surface area contributed by atoms with Crippen molar-refractivity contribution in [3.8, 4) is 11.1 Å². The van der Waals surface area contributed by atoms with Crippen LogP contribution in [0.2, 0.25) is 0 Å². The molecule has 3 rings (SSSR count). The van der Waals surface area contributed by atoms with Crippen LogP contribution < -0.4 is 10.2 Å². The number of pyridine rings is 2. The Morgan fingerprint density at radius 1 is 1.19 bits per heavy atom. The van der Waals surface area contributed by atoms with E-state index in [1.54, 1.807) is 12.3 Å². The predicted molar refractivity (Wildman–Crippen MR) is 106 cm³/mol. The maximum absolute atomic E-state index is 11.9. The zero-order chi connectivity index (χ0) is 19.2. The summed E-state index contributed by atoms with van der Waals surface area (Å²) in [7, 11) is 0. The molecule has 1 aliphatic rings. The first kappa shape index (κ1) is 18.8. The second-order valence-corrected chi connectivity index (χ2v) is 6.93. The molecule has 1 amide bonds. The van der Waals surface area contributed by atoms with Gasteiger partial charge in [-0.3, -0.25) is 14.7 Å². The Morgan fingerprint density at radius 2 is 1.96 bits per heavy atom. The summed E-state index contributed by atoms with van der Waals surface area (Å²) >= 11 is 0. The van der Waals surface area contributed by atoms with Gasteiger partial charge in [-0.05, 0) is 26.0 Å². The lowest BCUT2D eigenvalue weighted by Crippen LogP contribution is -2.50.